The van der Waals surface area contributed by atoms with E-state index in [0.717, 1.165) is 50.4 Å². The molecule has 0 aliphatic heterocycles. The van der Waals surface area contributed by atoms with Gasteiger partial charge in [-0.1, -0.05) is 54.6 Å². The fourth-order valence-electron chi connectivity index (χ4n) is 4.22. The van der Waals surface area contributed by atoms with Gasteiger partial charge in [0.05, 0.1) is 33.6 Å². The van der Waals surface area contributed by atoms with E-state index in [1.165, 1.54) is 0 Å². The van der Waals surface area contributed by atoms with E-state index in [2.05, 4.69) is 27.8 Å². The number of pyridine rings is 3. The summed E-state index contributed by atoms with van der Waals surface area (Å²) >= 11 is 0. The average molecular weight is 430 g/mol. The summed E-state index contributed by atoms with van der Waals surface area (Å²) in [4.78, 5) is 14.4. The van der Waals surface area contributed by atoms with E-state index in [0.29, 0.717) is 5.56 Å². The Morgan fingerprint density at radius 2 is 1.36 bits per heavy atom. The molecule has 0 radical (unpaired) electrons. The van der Waals surface area contributed by atoms with Gasteiger partial charge in [-0.15, -0.1) is 0 Å². The fourth-order valence-corrected chi connectivity index (χ4v) is 4.22. The summed E-state index contributed by atoms with van der Waals surface area (Å²) in [5, 5.41) is 1.09. The highest BCUT2D eigenvalue weighted by Gasteiger charge is 2.14. The predicted molar refractivity (Wildman–Crippen MR) is 130 cm³/mol. The van der Waals surface area contributed by atoms with Crippen LogP contribution in [-0.4, -0.2) is 19.5 Å². The molecule has 4 heterocycles. The van der Waals surface area contributed by atoms with Crippen LogP contribution in [0.25, 0.3) is 50.4 Å². The number of rotatable bonds is 4. The molecule has 0 N–H and O–H groups in total. The van der Waals surface area contributed by atoms with Crippen molar-refractivity contribution in [3.63, 3.8) is 0 Å². The van der Waals surface area contributed by atoms with E-state index in [1.54, 1.807) is 12.1 Å². The van der Waals surface area contributed by atoms with Crippen molar-refractivity contribution < 1.29 is 4.39 Å². The van der Waals surface area contributed by atoms with Crippen molar-refractivity contribution in [2.45, 2.75) is 6.67 Å². The molecule has 0 saturated carbocycles. The van der Waals surface area contributed by atoms with Crippen molar-refractivity contribution in [3.8, 4) is 28.5 Å². The van der Waals surface area contributed by atoms with Crippen LogP contribution in [0.15, 0.2) is 103 Å². The summed E-state index contributed by atoms with van der Waals surface area (Å²) in [6.45, 7) is -0.470. The number of para-hydroxylation sites is 1. The number of fused-ring (bicyclic) bond motifs is 3. The normalized spacial score (nSPS) is 11.3. The highest BCUT2D eigenvalue weighted by molar-refractivity contribution is 6.06. The van der Waals surface area contributed by atoms with Gasteiger partial charge in [0.15, 0.2) is 0 Å². The molecule has 6 rings (SSSR count). The number of hydrogen-bond acceptors (Lipinski definition) is 3. The molecule has 4 aromatic heterocycles. The monoisotopic (exact) mass is 430 g/mol. The van der Waals surface area contributed by atoms with Crippen LogP contribution in [0.1, 0.15) is 5.56 Å². The molecular formula is C28H19FN4. The summed E-state index contributed by atoms with van der Waals surface area (Å²) in [5.74, 6) is 0.811. The molecule has 0 aliphatic rings. The first-order valence-electron chi connectivity index (χ1n) is 10.8. The lowest BCUT2D eigenvalue weighted by Gasteiger charge is -2.09. The zero-order valence-corrected chi connectivity index (χ0v) is 17.7. The first kappa shape index (κ1) is 19.3. The second-order valence-electron chi connectivity index (χ2n) is 7.84. The molecule has 158 valence electrons. The molecule has 2 aromatic carbocycles. The molecule has 0 fully saturated rings. The zero-order valence-electron chi connectivity index (χ0n) is 17.7. The maximum Gasteiger partial charge on any atom is 0.138 e. The van der Waals surface area contributed by atoms with Gasteiger partial charge in [-0.3, -0.25) is 9.55 Å². The van der Waals surface area contributed by atoms with Crippen LogP contribution >= 0.6 is 0 Å². The maximum atomic E-state index is 12.9. The van der Waals surface area contributed by atoms with Gasteiger partial charge >= 0.3 is 0 Å². The number of aromatic nitrogens is 4. The van der Waals surface area contributed by atoms with E-state index < -0.39 is 6.67 Å². The lowest BCUT2D eigenvalue weighted by atomic mass is 10.1. The van der Waals surface area contributed by atoms with Crippen molar-refractivity contribution in [2.24, 2.45) is 0 Å². The third kappa shape index (κ3) is 3.34. The molecule has 33 heavy (non-hydrogen) atoms. The van der Waals surface area contributed by atoms with Crippen molar-refractivity contribution in [2.75, 3.05) is 0 Å². The van der Waals surface area contributed by atoms with E-state index >= 15 is 0 Å². The smallest absolute Gasteiger partial charge is 0.138 e. The van der Waals surface area contributed by atoms with Crippen LogP contribution in [-0.2, 0) is 6.67 Å². The number of hydrogen-bond donors (Lipinski definition) is 0. The summed E-state index contributed by atoms with van der Waals surface area (Å²) in [6.07, 6.45) is 1.82. The van der Waals surface area contributed by atoms with Crippen LogP contribution in [0.2, 0.25) is 0 Å². The lowest BCUT2D eigenvalue weighted by molar-refractivity contribution is 0.485. The third-order valence-electron chi connectivity index (χ3n) is 5.81. The van der Waals surface area contributed by atoms with Crippen molar-refractivity contribution in [1.82, 2.24) is 19.5 Å². The van der Waals surface area contributed by atoms with Gasteiger partial charge in [-0.2, -0.15) is 0 Å². The minimum atomic E-state index is -0.470. The summed E-state index contributed by atoms with van der Waals surface area (Å²) < 4.78 is 15.0. The van der Waals surface area contributed by atoms with Crippen LogP contribution in [0.5, 0.6) is 0 Å². The number of halogens is 1. The summed E-state index contributed by atoms with van der Waals surface area (Å²) in [6, 6.07) is 31.5. The van der Waals surface area contributed by atoms with Gasteiger partial charge in [-0.05, 0) is 48.0 Å². The number of nitrogens with zero attached hydrogens (tertiary/aromatic N) is 4. The van der Waals surface area contributed by atoms with Crippen molar-refractivity contribution in [1.29, 1.82) is 0 Å². The molecule has 0 aliphatic carbocycles. The van der Waals surface area contributed by atoms with Gasteiger partial charge in [0, 0.05) is 17.1 Å². The molecule has 0 saturated heterocycles. The quantitative estimate of drug-likeness (QED) is 0.310. The highest BCUT2D eigenvalue weighted by Crippen LogP contribution is 2.30. The Bertz CT molecular complexity index is 1550. The Kier molecular flexibility index (Phi) is 4.65. The molecule has 0 bridgehead atoms. The minimum absolute atomic E-state index is 0.470. The van der Waals surface area contributed by atoms with Crippen molar-refractivity contribution >= 4 is 21.9 Å². The van der Waals surface area contributed by atoms with E-state index in [1.807, 2.05) is 72.9 Å². The van der Waals surface area contributed by atoms with Gasteiger partial charge in [0.1, 0.15) is 12.5 Å². The van der Waals surface area contributed by atoms with E-state index in [-0.39, 0.29) is 0 Å². The summed E-state index contributed by atoms with van der Waals surface area (Å²) in [7, 11) is 0. The lowest BCUT2D eigenvalue weighted by Crippen LogP contribution is -1.99. The molecule has 5 heteroatoms. The van der Waals surface area contributed by atoms with Gasteiger partial charge in [0.25, 0.3) is 0 Å². The Hall–Kier alpha value is -4.38. The summed E-state index contributed by atoms with van der Waals surface area (Å²) in [5.41, 5.74) is 7.02. The molecule has 0 amide bonds. The third-order valence-corrected chi connectivity index (χ3v) is 5.81. The predicted octanol–water partition coefficient (Wildman–Crippen LogP) is 6.77. The molecule has 0 unspecified atom stereocenters. The van der Waals surface area contributed by atoms with Crippen LogP contribution in [0, 0.1) is 0 Å². The number of benzene rings is 2. The van der Waals surface area contributed by atoms with Gasteiger partial charge in [-0.25, -0.2) is 14.4 Å². The topological polar surface area (TPSA) is 43.6 Å². The second kappa shape index (κ2) is 7.95. The average Bonchev–Trinajstić information content (AvgIpc) is 3.23. The Morgan fingerprint density at radius 3 is 2.21 bits per heavy atom. The number of alkyl halides is 1. The Morgan fingerprint density at radius 1 is 0.636 bits per heavy atom. The first-order valence-corrected chi connectivity index (χ1v) is 10.8. The molecule has 4 nitrogen and oxygen atoms in total. The molecule has 0 spiro atoms. The van der Waals surface area contributed by atoms with Gasteiger partial charge in [0.2, 0.25) is 0 Å². The van der Waals surface area contributed by atoms with Crippen LogP contribution < -0.4 is 0 Å². The van der Waals surface area contributed by atoms with Crippen LogP contribution in [0.3, 0.4) is 0 Å². The first-order chi connectivity index (χ1) is 16.3. The largest absolute Gasteiger partial charge is 0.292 e. The van der Waals surface area contributed by atoms with Gasteiger partial charge < -0.3 is 0 Å². The molecule has 6 aromatic rings. The Balaban J connectivity index is 1.47. The molecule has 0 atom stereocenters. The standard InChI is InChI=1S/C28H19FN4/c29-18-19-13-15-20(16-14-19)22-7-3-8-23(31-22)24-9-4-12-27(32-24)33-25-10-2-1-6-21(25)28-26(33)11-5-17-30-28/h1-17H,18H2. The highest BCUT2D eigenvalue weighted by atomic mass is 19.1. The zero-order chi connectivity index (χ0) is 22.2. The minimum Gasteiger partial charge on any atom is -0.292 e. The fraction of sp³-hybridized carbons (Fsp3) is 0.0357. The SMILES string of the molecule is FCc1ccc(-c2cccc(-c3cccc(-n4c5ccccc5c5ncccc54)n3)n2)cc1. The second-order valence-corrected chi connectivity index (χ2v) is 7.84. The van der Waals surface area contributed by atoms with E-state index in [4.69, 9.17) is 9.97 Å². The Labute approximate surface area is 190 Å². The molecular weight excluding hydrogens is 411 g/mol. The van der Waals surface area contributed by atoms with Crippen molar-refractivity contribution in [3.05, 3.63) is 109 Å². The maximum absolute atomic E-state index is 12.9. The van der Waals surface area contributed by atoms with Crippen LogP contribution in [0.4, 0.5) is 4.39 Å². The van der Waals surface area contributed by atoms with E-state index in [9.17, 15) is 4.39 Å².